The molecule has 0 fully saturated rings. The second-order valence-corrected chi connectivity index (χ2v) is 5.65. The summed E-state index contributed by atoms with van der Waals surface area (Å²) in [6.07, 6.45) is 7.25. The van der Waals surface area contributed by atoms with Crippen molar-refractivity contribution in [3.8, 4) is 0 Å². The first-order valence-corrected chi connectivity index (χ1v) is 7.03. The van der Waals surface area contributed by atoms with Crippen LogP contribution in [-0.4, -0.2) is 11.9 Å². The molecule has 1 amide bonds. The highest BCUT2D eigenvalue weighted by Gasteiger charge is 2.14. The van der Waals surface area contributed by atoms with Crippen LogP contribution in [0.2, 0.25) is 5.02 Å². The van der Waals surface area contributed by atoms with Crippen molar-refractivity contribution in [2.75, 3.05) is 0 Å². The Morgan fingerprint density at radius 1 is 1.41 bits per heavy atom. The van der Waals surface area contributed by atoms with Crippen LogP contribution in [0.5, 0.6) is 0 Å². The largest absolute Gasteiger partial charge is 0.349 e. The highest BCUT2D eigenvalue weighted by atomic mass is 127. The van der Waals surface area contributed by atoms with E-state index in [0.717, 1.165) is 22.8 Å². The lowest BCUT2D eigenvalue weighted by Crippen LogP contribution is -2.35. The second kappa shape index (κ2) is 5.87. The molecular formula is C13H13ClINO. The van der Waals surface area contributed by atoms with E-state index >= 15 is 0 Å². The molecule has 17 heavy (non-hydrogen) atoms. The van der Waals surface area contributed by atoms with Crippen LogP contribution in [0.15, 0.2) is 30.4 Å². The molecule has 4 heteroatoms. The van der Waals surface area contributed by atoms with Crippen molar-refractivity contribution in [1.29, 1.82) is 0 Å². The minimum absolute atomic E-state index is 0.0383. The number of rotatable bonds is 2. The Hall–Kier alpha value is -0.550. The van der Waals surface area contributed by atoms with Crippen LogP contribution in [-0.2, 0) is 0 Å². The number of halogens is 2. The Morgan fingerprint density at radius 3 is 2.88 bits per heavy atom. The molecule has 0 aliphatic heterocycles. The van der Waals surface area contributed by atoms with Crippen LogP contribution in [0, 0.1) is 3.57 Å². The van der Waals surface area contributed by atoms with Gasteiger partial charge < -0.3 is 5.32 Å². The highest BCUT2D eigenvalue weighted by molar-refractivity contribution is 14.1. The molecule has 1 aliphatic rings. The van der Waals surface area contributed by atoms with Crippen molar-refractivity contribution in [2.24, 2.45) is 0 Å². The molecule has 1 aromatic carbocycles. The highest BCUT2D eigenvalue weighted by Crippen LogP contribution is 2.20. The number of benzene rings is 1. The average molecular weight is 362 g/mol. The summed E-state index contributed by atoms with van der Waals surface area (Å²) < 4.78 is 0.960. The number of hydrogen-bond donors (Lipinski definition) is 1. The molecule has 1 atom stereocenters. The third kappa shape index (κ3) is 3.45. The van der Waals surface area contributed by atoms with Gasteiger partial charge in [0.2, 0.25) is 0 Å². The van der Waals surface area contributed by atoms with Gasteiger partial charge in [-0.05, 0) is 60.1 Å². The van der Waals surface area contributed by atoms with E-state index in [1.807, 2.05) is 12.1 Å². The molecule has 0 saturated carbocycles. The fourth-order valence-electron chi connectivity index (χ4n) is 1.83. The number of carbonyl (C=O) groups excluding carboxylic acids is 1. The molecule has 0 radical (unpaired) electrons. The number of amides is 1. The van der Waals surface area contributed by atoms with E-state index in [2.05, 4.69) is 40.1 Å². The van der Waals surface area contributed by atoms with Crippen LogP contribution in [0.25, 0.3) is 0 Å². The zero-order valence-electron chi connectivity index (χ0n) is 9.25. The van der Waals surface area contributed by atoms with Gasteiger partial charge in [0.15, 0.2) is 0 Å². The zero-order chi connectivity index (χ0) is 12.3. The van der Waals surface area contributed by atoms with Gasteiger partial charge in [0, 0.05) is 15.2 Å². The molecule has 0 bridgehead atoms. The molecule has 1 N–H and O–H groups in total. The average Bonchev–Trinajstić information content (AvgIpc) is 2.34. The van der Waals surface area contributed by atoms with Crippen LogP contribution >= 0.6 is 34.2 Å². The summed E-state index contributed by atoms with van der Waals surface area (Å²) in [4.78, 5) is 12.0. The van der Waals surface area contributed by atoms with Crippen molar-refractivity contribution in [2.45, 2.75) is 25.3 Å². The Bertz CT molecular complexity index is 459. The lowest BCUT2D eigenvalue weighted by Gasteiger charge is -2.19. The van der Waals surface area contributed by atoms with E-state index in [4.69, 9.17) is 11.6 Å². The van der Waals surface area contributed by atoms with Gasteiger partial charge in [0.1, 0.15) is 0 Å². The van der Waals surface area contributed by atoms with Crippen molar-refractivity contribution >= 4 is 40.1 Å². The summed E-state index contributed by atoms with van der Waals surface area (Å²) in [7, 11) is 0. The van der Waals surface area contributed by atoms with Gasteiger partial charge in [-0.2, -0.15) is 0 Å². The van der Waals surface area contributed by atoms with Gasteiger partial charge >= 0.3 is 0 Å². The second-order valence-electron chi connectivity index (χ2n) is 4.08. The number of allylic oxidation sites excluding steroid dienone is 1. The maximum atomic E-state index is 12.0. The molecule has 2 nitrogen and oxygen atoms in total. The van der Waals surface area contributed by atoms with Crippen LogP contribution in [0.3, 0.4) is 0 Å². The maximum Gasteiger partial charge on any atom is 0.251 e. The Morgan fingerprint density at radius 2 is 2.24 bits per heavy atom. The van der Waals surface area contributed by atoms with E-state index in [0.29, 0.717) is 10.6 Å². The summed E-state index contributed by atoms with van der Waals surface area (Å²) >= 11 is 8.15. The monoisotopic (exact) mass is 361 g/mol. The lowest BCUT2D eigenvalue weighted by atomic mass is 10.0. The van der Waals surface area contributed by atoms with E-state index in [1.54, 1.807) is 6.07 Å². The molecule has 1 unspecified atom stereocenters. The fourth-order valence-corrected chi connectivity index (χ4v) is 2.35. The molecule has 90 valence electrons. The number of hydrogen-bond acceptors (Lipinski definition) is 1. The number of carbonyl (C=O) groups is 1. The molecular weight excluding hydrogens is 349 g/mol. The zero-order valence-corrected chi connectivity index (χ0v) is 12.2. The summed E-state index contributed by atoms with van der Waals surface area (Å²) in [5, 5.41) is 3.66. The summed E-state index contributed by atoms with van der Waals surface area (Å²) in [5.41, 5.74) is 0.630. The van der Waals surface area contributed by atoms with E-state index in [9.17, 15) is 4.79 Å². The van der Waals surface area contributed by atoms with Crippen molar-refractivity contribution in [3.63, 3.8) is 0 Å². The molecule has 0 saturated heterocycles. The standard InChI is InChI=1S/C13H13ClINO/c14-11-8-9(6-7-12(11)15)13(17)16-10-4-2-1-3-5-10/h1-2,6-8,10H,3-5H2,(H,16,17). The van der Waals surface area contributed by atoms with Gasteiger partial charge in [0.05, 0.1) is 5.02 Å². The fraction of sp³-hybridized carbons (Fsp3) is 0.308. The Balaban J connectivity index is 2.03. The molecule has 0 aromatic heterocycles. The van der Waals surface area contributed by atoms with E-state index in [1.165, 1.54) is 0 Å². The third-order valence-electron chi connectivity index (χ3n) is 2.79. The topological polar surface area (TPSA) is 29.1 Å². The molecule has 0 heterocycles. The molecule has 0 spiro atoms. The minimum Gasteiger partial charge on any atom is -0.349 e. The predicted octanol–water partition coefficient (Wildman–Crippen LogP) is 3.78. The first kappa shape index (κ1) is 12.9. The lowest BCUT2D eigenvalue weighted by molar-refractivity contribution is 0.0934. The van der Waals surface area contributed by atoms with E-state index < -0.39 is 0 Å². The molecule has 1 aliphatic carbocycles. The quantitative estimate of drug-likeness (QED) is 0.630. The molecule has 1 aromatic rings. The van der Waals surface area contributed by atoms with Crippen molar-refractivity contribution in [1.82, 2.24) is 5.32 Å². The Kier molecular flexibility index (Phi) is 4.45. The summed E-state index contributed by atoms with van der Waals surface area (Å²) in [6.45, 7) is 0. The number of nitrogens with one attached hydrogen (secondary N) is 1. The smallest absolute Gasteiger partial charge is 0.251 e. The predicted molar refractivity (Wildman–Crippen MR) is 78.4 cm³/mol. The first-order valence-electron chi connectivity index (χ1n) is 5.58. The summed E-state index contributed by atoms with van der Waals surface area (Å²) in [6, 6.07) is 5.64. The molecule has 2 rings (SSSR count). The normalized spacial score (nSPS) is 19.1. The van der Waals surface area contributed by atoms with Crippen molar-refractivity contribution < 1.29 is 4.79 Å². The van der Waals surface area contributed by atoms with E-state index in [-0.39, 0.29) is 11.9 Å². The SMILES string of the molecule is O=C(NC1CC=CCC1)c1ccc(I)c(Cl)c1. The van der Waals surface area contributed by atoms with Gasteiger partial charge in [-0.3, -0.25) is 4.79 Å². The van der Waals surface area contributed by atoms with Crippen LogP contribution in [0.4, 0.5) is 0 Å². The minimum atomic E-state index is -0.0383. The van der Waals surface area contributed by atoms with Gasteiger partial charge in [0.25, 0.3) is 5.91 Å². The van der Waals surface area contributed by atoms with Gasteiger partial charge in [-0.25, -0.2) is 0 Å². The van der Waals surface area contributed by atoms with Gasteiger partial charge in [-0.15, -0.1) is 0 Å². The van der Waals surface area contributed by atoms with Gasteiger partial charge in [-0.1, -0.05) is 23.8 Å². The van der Waals surface area contributed by atoms with Crippen LogP contribution in [0.1, 0.15) is 29.6 Å². The first-order chi connectivity index (χ1) is 8.16. The maximum absolute atomic E-state index is 12.0. The summed E-state index contributed by atoms with van der Waals surface area (Å²) in [5.74, 6) is -0.0383. The Labute approximate surface area is 120 Å². The third-order valence-corrected chi connectivity index (χ3v) is 4.36. The van der Waals surface area contributed by atoms with Crippen molar-refractivity contribution in [3.05, 3.63) is 44.5 Å². The van der Waals surface area contributed by atoms with Crippen LogP contribution < -0.4 is 5.32 Å².